The number of Topliss-reactive ketones (excluding diaryl/α,β-unsaturated/α-hetero) is 1. The number of allylic oxidation sites excluding steroid dienone is 1. The van der Waals surface area contributed by atoms with Gasteiger partial charge in [-0.05, 0) is 54.0 Å². The molecule has 114 valence electrons. The molecule has 0 amide bonds. The van der Waals surface area contributed by atoms with Gasteiger partial charge in [0.25, 0.3) is 0 Å². The Balaban J connectivity index is 2.26. The molecule has 0 unspecified atom stereocenters. The van der Waals surface area contributed by atoms with E-state index in [1.165, 1.54) is 5.69 Å². The van der Waals surface area contributed by atoms with Crippen molar-refractivity contribution in [2.24, 2.45) is 17.8 Å². The van der Waals surface area contributed by atoms with E-state index in [-0.39, 0.29) is 5.92 Å². The normalized spacial score (nSPS) is 24.7. The molecule has 1 aromatic rings. The first-order valence-corrected chi connectivity index (χ1v) is 7.93. The van der Waals surface area contributed by atoms with Gasteiger partial charge < -0.3 is 4.90 Å². The predicted octanol–water partition coefficient (Wildman–Crippen LogP) is 4.41. The lowest BCUT2D eigenvalue weighted by molar-refractivity contribution is -0.122. The molecule has 0 spiro atoms. The van der Waals surface area contributed by atoms with Gasteiger partial charge in [-0.1, -0.05) is 32.9 Å². The molecular formula is C19H27NO. The molecule has 2 atom stereocenters. The molecule has 0 saturated heterocycles. The molecule has 1 saturated carbocycles. The van der Waals surface area contributed by atoms with Gasteiger partial charge in [0, 0.05) is 25.7 Å². The second kappa shape index (κ2) is 6.46. The van der Waals surface area contributed by atoms with E-state index in [2.05, 4.69) is 56.0 Å². The maximum atomic E-state index is 12.7. The van der Waals surface area contributed by atoms with Crippen LogP contribution in [-0.4, -0.2) is 19.9 Å². The van der Waals surface area contributed by atoms with Crippen LogP contribution in [0.5, 0.6) is 0 Å². The van der Waals surface area contributed by atoms with Crippen LogP contribution in [0.15, 0.2) is 29.8 Å². The second-order valence-electron chi connectivity index (χ2n) is 6.78. The maximum absolute atomic E-state index is 12.7. The summed E-state index contributed by atoms with van der Waals surface area (Å²) in [6.07, 6.45) is 4.26. The molecule has 1 fully saturated rings. The van der Waals surface area contributed by atoms with Gasteiger partial charge in [0.15, 0.2) is 5.78 Å². The Bertz CT molecular complexity index is 525. The van der Waals surface area contributed by atoms with Gasteiger partial charge in [0.05, 0.1) is 0 Å². The Morgan fingerprint density at radius 3 is 2.29 bits per heavy atom. The summed E-state index contributed by atoms with van der Waals surface area (Å²) in [5.74, 6) is 1.37. The highest BCUT2D eigenvalue weighted by Gasteiger charge is 2.32. The fourth-order valence-corrected chi connectivity index (χ4v) is 3.07. The van der Waals surface area contributed by atoms with Crippen molar-refractivity contribution < 1.29 is 4.79 Å². The zero-order valence-corrected chi connectivity index (χ0v) is 13.9. The van der Waals surface area contributed by atoms with Crippen molar-refractivity contribution in [3.63, 3.8) is 0 Å². The van der Waals surface area contributed by atoms with Gasteiger partial charge in [-0.2, -0.15) is 0 Å². The largest absolute Gasteiger partial charge is 0.378 e. The van der Waals surface area contributed by atoms with E-state index in [0.29, 0.717) is 17.6 Å². The number of rotatable bonds is 3. The van der Waals surface area contributed by atoms with Crippen LogP contribution >= 0.6 is 0 Å². The topological polar surface area (TPSA) is 20.3 Å². The van der Waals surface area contributed by atoms with E-state index >= 15 is 0 Å². The highest BCUT2D eigenvalue weighted by atomic mass is 16.1. The summed E-state index contributed by atoms with van der Waals surface area (Å²) in [6.45, 7) is 6.48. The van der Waals surface area contributed by atoms with Crippen LogP contribution in [0.3, 0.4) is 0 Å². The zero-order chi connectivity index (χ0) is 15.6. The average molecular weight is 285 g/mol. The van der Waals surface area contributed by atoms with Crippen molar-refractivity contribution in [3.05, 3.63) is 35.4 Å². The molecular weight excluding hydrogens is 258 g/mol. The summed E-state index contributed by atoms with van der Waals surface area (Å²) in [5, 5.41) is 0. The van der Waals surface area contributed by atoms with Crippen LogP contribution in [0, 0.1) is 17.8 Å². The molecule has 0 heterocycles. The first kappa shape index (κ1) is 15.8. The van der Waals surface area contributed by atoms with E-state index in [1.54, 1.807) is 0 Å². The van der Waals surface area contributed by atoms with Crippen LogP contribution in [0.25, 0.3) is 6.08 Å². The predicted molar refractivity (Wildman–Crippen MR) is 90.5 cm³/mol. The minimum Gasteiger partial charge on any atom is -0.378 e. The number of nitrogens with zero attached hydrogens (tertiary/aromatic N) is 1. The quantitative estimate of drug-likeness (QED) is 0.767. The van der Waals surface area contributed by atoms with Gasteiger partial charge in [0.1, 0.15) is 0 Å². The number of hydrogen-bond donors (Lipinski definition) is 0. The molecule has 0 bridgehead atoms. The Morgan fingerprint density at radius 1 is 1.14 bits per heavy atom. The van der Waals surface area contributed by atoms with Crippen molar-refractivity contribution in [3.8, 4) is 0 Å². The van der Waals surface area contributed by atoms with Crippen LogP contribution in [0.2, 0.25) is 0 Å². The average Bonchev–Trinajstić information content (AvgIpc) is 2.43. The van der Waals surface area contributed by atoms with Crippen molar-refractivity contribution in [2.45, 2.75) is 33.6 Å². The monoisotopic (exact) mass is 285 g/mol. The van der Waals surface area contributed by atoms with Gasteiger partial charge >= 0.3 is 0 Å². The molecule has 2 rings (SSSR count). The van der Waals surface area contributed by atoms with Gasteiger partial charge in [-0.15, -0.1) is 0 Å². The molecule has 0 N–H and O–H groups in total. The highest BCUT2D eigenvalue weighted by Crippen LogP contribution is 2.35. The minimum absolute atomic E-state index is 0.202. The third-order valence-corrected chi connectivity index (χ3v) is 4.60. The molecule has 0 aliphatic heterocycles. The maximum Gasteiger partial charge on any atom is 0.162 e. The standard InChI is InChI=1S/C19H27NO/c1-13(2)17-11-6-14(3)18(19(17)21)12-15-7-9-16(10-8-15)20(4)5/h7-10,12-14,17H,6,11H2,1-5H3/b18-12+/t14-,17-/m0/s1. The Morgan fingerprint density at radius 2 is 1.76 bits per heavy atom. The van der Waals surface area contributed by atoms with Crippen LogP contribution in [0.4, 0.5) is 5.69 Å². The van der Waals surface area contributed by atoms with E-state index in [1.807, 2.05) is 14.1 Å². The molecule has 0 aromatic heterocycles. The Labute approximate surface area is 128 Å². The van der Waals surface area contributed by atoms with Crippen molar-refractivity contribution in [1.29, 1.82) is 0 Å². The van der Waals surface area contributed by atoms with Crippen LogP contribution in [0.1, 0.15) is 39.2 Å². The summed E-state index contributed by atoms with van der Waals surface area (Å²) in [7, 11) is 4.07. The number of benzene rings is 1. The number of ketones is 1. The van der Waals surface area contributed by atoms with E-state index in [0.717, 1.165) is 24.0 Å². The van der Waals surface area contributed by atoms with Gasteiger partial charge in [-0.25, -0.2) is 0 Å². The second-order valence-corrected chi connectivity index (χ2v) is 6.78. The fourth-order valence-electron chi connectivity index (χ4n) is 3.07. The first-order chi connectivity index (χ1) is 9.90. The minimum atomic E-state index is 0.202. The molecule has 1 aliphatic rings. The molecule has 2 nitrogen and oxygen atoms in total. The Hall–Kier alpha value is -1.57. The van der Waals surface area contributed by atoms with E-state index in [9.17, 15) is 4.79 Å². The summed E-state index contributed by atoms with van der Waals surface area (Å²) < 4.78 is 0. The van der Waals surface area contributed by atoms with Crippen molar-refractivity contribution in [2.75, 3.05) is 19.0 Å². The third kappa shape index (κ3) is 3.55. The molecule has 1 aromatic carbocycles. The molecule has 21 heavy (non-hydrogen) atoms. The SMILES string of the molecule is CC(C)[C@@H]1CC[C@H](C)/C(=C\c2ccc(N(C)C)cc2)C1=O. The third-order valence-electron chi connectivity index (χ3n) is 4.60. The smallest absolute Gasteiger partial charge is 0.162 e. The fraction of sp³-hybridized carbons (Fsp3) is 0.526. The molecule has 1 aliphatic carbocycles. The summed E-state index contributed by atoms with van der Waals surface area (Å²) in [6, 6.07) is 8.40. The number of carbonyl (C=O) groups is 1. The summed E-state index contributed by atoms with van der Waals surface area (Å²) >= 11 is 0. The van der Waals surface area contributed by atoms with Gasteiger partial charge in [-0.3, -0.25) is 4.79 Å². The Kier molecular flexibility index (Phi) is 4.87. The summed E-state index contributed by atoms with van der Waals surface area (Å²) in [5.41, 5.74) is 3.32. The lowest BCUT2D eigenvalue weighted by atomic mass is 9.73. The first-order valence-electron chi connectivity index (χ1n) is 7.93. The molecule has 2 heteroatoms. The van der Waals surface area contributed by atoms with E-state index < -0.39 is 0 Å². The van der Waals surface area contributed by atoms with Gasteiger partial charge in [0.2, 0.25) is 0 Å². The molecule has 0 radical (unpaired) electrons. The highest BCUT2D eigenvalue weighted by molar-refractivity contribution is 6.02. The zero-order valence-electron chi connectivity index (χ0n) is 13.9. The van der Waals surface area contributed by atoms with Crippen LogP contribution in [-0.2, 0) is 4.79 Å². The number of hydrogen-bond acceptors (Lipinski definition) is 2. The number of carbonyl (C=O) groups excluding carboxylic acids is 1. The van der Waals surface area contributed by atoms with E-state index in [4.69, 9.17) is 0 Å². The lowest BCUT2D eigenvalue weighted by Crippen LogP contribution is -2.30. The summed E-state index contributed by atoms with van der Waals surface area (Å²) in [4.78, 5) is 14.8. The lowest BCUT2D eigenvalue weighted by Gasteiger charge is -2.30. The van der Waals surface area contributed by atoms with Crippen molar-refractivity contribution in [1.82, 2.24) is 0 Å². The van der Waals surface area contributed by atoms with Crippen LogP contribution < -0.4 is 4.90 Å². The number of anilines is 1. The van der Waals surface area contributed by atoms with Crippen molar-refractivity contribution >= 4 is 17.5 Å².